The van der Waals surface area contributed by atoms with Gasteiger partial charge >= 0.3 is 5.97 Å². The molecule has 0 bridgehead atoms. The molecule has 21 heavy (non-hydrogen) atoms. The van der Waals surface area contributed by atoms with E-state index in [1.807, 2.05) is 61.5 Å². The van der Waals surface area contributed by atoms with E-state index >= 15 is 0 Å². The molecule has 0 radical (unpaired) electrons. The lowest BCUT2D eigenvalue weighted by Crippen LogP contribution is -2.25. The lowest BCUT2D eigenvalue weighted by Gasteiger charge is -2.16. The van der Waals surface area contributed by atoms with Crippen LogP contribution in [0.15, 0.2) is 54.6 Å². The van der Waals surface area contributed by atoms with Crippen molar-refractivity contribution in [2.75, 3.05) is 13.7 Å². The maximum Gasteiger partial charge on any atom is 0.312 e. The summed E-state index contributed by atoms with van der Waals surface area (Å²) in [5, 5.41) is 0. The van der Waals surface area contributed by atoms with Gasteiger partial charge in [-0.05, 0) is 30.5 Å². The molecule has 0 saturated heterocycles. The van der Waals surface area contributed by atoms with Crippen LogP contribution >= 0.6 is 0 Å². The van der Waals surface area contributed by atoms with Gasteiger partial charge in [0.05, 0.1) is 13.0 Å². The number of carbonyl (C=O) groups is 1. The normalized spacial score (nSPS) is 11.7. The van der Waals surface area contributed by atoms with Crippen molar-refractivity contribution in [3.05, 3.63) is 65.7 Å². The number of rotatable bonds is 6. The SMILES string of the molecule is COC(=O)C(COc1ccccc1C)Cc1ccccc1. The Morgan fingerprint density at radius 2 is 1.71 bits per heavy atom. The van der Waals surface area contributed by atoms with Crippen molar-refractivity contribution in [2.45, 2.75) is 13.3 Å². The first kappa shape index (κ1) is 15.1. The number of methoxy groups -OCH3 is 1. The van der Waals surface area contributed by atoms with Crippen molar-refractivity contribution in [1.82, 2.24) is 0 Å². The van der Waals surface area contributed by atoms with Crippen LogP contribution in [-0.2, 0) is 16.0 Å². The number of carbonyl (C=O) groups excluding carboxylic acids is 1. The number of esters is 1. The molecule has 110 valence electrons. The van der Waals surface area contributed by atoms with E-state index in [4.69, 9.17) is 9.47 Å². The maximum atomic E-state index is 11.9. The first-order valence-electron chi connectivity index (χ1n) is 7.01. The van der Waals surface area contributed by atoms with Crippen LogP contribution < -0.4 is 4.74 Å². The third-order valence-electron chi connectivity index (χ3n) is 3.39. The molecule has 2 aromatic carbocycles. The molecule has 0 amide bonds. The molecule has 0 spiro atoms. The molecule has 0 aromatic heterocycles. The Labute approximate surface area is 125 Å². The van der Waals surface area contributed by atoms with Gasteiger partial charge in [-0.2, -0.15) is 0 Å². The molecular formula is C18H20O3. The molecule has 1 unspecified atom stereocenters. The molecule has 0 aliphatic carbocycles. The van der Waals surface area contributed by atoms with Crippen molar-refractivity contribution in [3.63, 3.8) is 0 Å². The van der Waals surface area contributed by atoms with E-state index in [9.17, 15) is 4.79 Å². The van der Waals surface area contributed by atoms with Gasteiger partial charge in [-0.3, -0.25) is 4.79 Å². The van der Waals surface area contributed by atoms with E-state index in [0.29, 0.717) is 13.0 Å². The lowest BCUT2D eigenvalue weighted by molar-refractivity contribution is -0.146. The quantitative estimate of drug-likeness (QED) is 0.763. The van der Waals surface area contributed by atoms with Gasteiger partial charge in [-0.15, -0.1) is 0 Å². The van der Waals surface area contributed by atoms with Gasteiger partial charge in [0.2, 0.25) is 0 Å². The van der Waals surface area contributed by atoms with Crippen LogP contribution in [0.5, 0.6) is 5.75 Å². The average molecular weight is 284 g/mol. The van der Waals surface area contributed by atoms with Crippen LogP contribution in [0, 0.1) is 12.8 Å². The Kier molecular flexibility index (Phi) is 5.38. The van der Waals surface area contributed by atoms with Gasteiger partial charge in [-0.25, -0.2) is 0 Å². The van der Waals surface area contributed by atoms with Gasteiger partial charge in [0.15, 0.2) is 0 Å². The molecule has 0 fully saturated rings. The van der Waals surface area contributed by atoms with Gasteiger partial charge in [0.25, 0.3) is 0 Å². The third kappa shape index (κ3) is 4.35. The van der Waals surface area contributed by atoms with Gasteiger partial charge < -0.3 is 9.47 Å². The van der Waals surface area contributed by atoms with Crippen LogP contribution in [0.3, 0.4) is 0 Å². The number of ether oxygens (including phenoxy) is 2. The average Bonchev–Trinajstić information content (AvgIpc) is 2.53. The molecule has 0 N–H and O–H groups in total. The Hall–Kier alpha value is -2.29. The highest BCUT2D eigenvalue weighted by Crippen LogP contribution is 2.18. The highest BCUT2D eigenvalue weighted by Gasteiger charge is 2.21. The monoisotopic (exact) mass is 284 g/mol. The summed E-state index contributed by atoms with van der Waals surface area (Å²) in [6.45, 7) is 2.30. The molecule has 3 heteroatoms. The van der Waals surface area contributed by atoms with Crippen molar-refractivity contribution in [3.8, 4) is 5.75 Å². The number of aryl methyl sites for hydroxylation is 1. The van der Waals surface area contributed by atoms with Gasteiger partial charge in [0, 0.05) is 0 Å². The summed E-state index contributed by atoms with van der Waals surface area (Å²) in [6, 6.07) is 17.7. The number of hydrogen-bond acceptors (Lipinski definition) is 3. The van der Waals surface area contributed by atoms with E-state index in [1.165, 1.54) is 7.11 Å². The Morgan fingerprint density at radius 1 is 1.05 bits per heavy atom. The maximum absolute atomic E-state index is 11.9. The van der Waals surface area contributed by atoms with Crippen molar-refractivity contribution in [1.29, 1.82) is 0 Å². The smallest absolute Gasteiger partial charge is 0.312 e. The van der Waals surface area contributed by atoms with E-state index in [-0.39, 0.29) is 11.9 Å². The zero-order valence-electron chi connectivity index (χ0n) is 12.4. The zero-order valence-corrected chi connectivity index (χ0v) is 12.4. The van der Waals surface area contributed by atoms with Gasteiger partial charge in [0.1, 0.15) is 12.4 Å². The van der Waals surface area contributed by atoms with Crippen LogP contribution in [-0.4, -0.2) is 19.7 Å². The molecule has 0 aliphatic rings. The number of benzene rings is 2. The summed E-state index contributed by atoms with van der Waals surface area (Å²) < 4.78 is 10.7. The minimum absolute atomic E-state index is 0.243. The fourth-order valence-electron chi connectivity index (χ4n) is 2.18. The van der Waals surface area contributed by atoms with Crippen molar-refractivity contribution in [2.24, 2.45) is 5.92 Å². The molecule has 2 rings (SSSR count). The minimum Gasteiger partial charge on any atom is -0.492 e. The van der Waals surface area contributed by atoms with Gasteiger partial charge in [-0.1, -0.05) is 48.5 Å². The van der Waals surface area contributed by atoms with Crippen LogP contribution in [0.25, 0.3) is 0 Å². The van der Waals surface area contributed by atoms with Crippen molar-refractivity contribution < 1.29 is 14.3 Å². The first-order chi connectivity index (χ1) is 10.2. The predicted molar refractivity (Wildman–Crippen MR) is 82.3 cm³/mol. The van der Waals surface area contributed by atoms with Crippen LogP contribution in [0.4, 0.5) is 0 Å². The molecule has 3 nitrogen and oxygen atoms in total. The molecule has 0 saturated carbocycles. The molecule has 0 heterocycles. The van der Waals surface area contributed by atoms with E-state index < -0.39 is 0 Å². The summed E-state index contributed by atoms with van der Waals surface area (Å²) in [6.07, 6.45) is 0.611. The van der Waals surface area contributed by atoms with Crippen LogP contribution in [0.1, 0.15) is 11.1 Å². The Bertz CT molecular complexity index is 578. The zero-order chi connectivity index (χ0) is 15.1. The van der Waals surface area contributed by atoms with E-state index in [2.05, 4.69) is 0 Å². The second-order valence-electron chi connectivity index (χ2n) is 4.99. The third-order valence-corrected chi connectivity index (χ3v) is 3.39. The Balaban J connectivity index is 2.03. The highest BCUT2D eigenvalue weighted by atomic mass is 16.5. The number of para-hydroxylation sites is 1. The lowest BCUT2D eigenvalue weighted by atomic mass is 10.0. The molecular weight excluding hydrogens is 264 g/mol. The predicted octanol–water partition coefficient (Wildman–Crippen LogP) is 3.41. The highest BCUT2D eigenvalue weighted by molar-refractivity contribution is 5.72. The summed E-state index contributed by atoms with van der Waals surface area (Å²) in [5.41, 5.74) is 2.15. The van der Waals surface area contributed by atoms with Crippen LogP contribution in [0.2, 0.25) is 0 Å². The topological polar surface area (TPSA) is 35.5 Å². The molecule has 2 aromatic rings. The largest absolute Gasteiger partial charge is 0.492 e. The second kappa shape index (κ2) is 7.48. The standard InChI is InChI=1S/C18H20O3/c1-14-8-6-7-11-17(14)21-13-16(18(19)20-2)12-15-9-4-3-5-10-15/h3-11,16H,12-13H2,1-2H3. The van der Waals surface area contributed by atoms with E-state index in [1.54, 1.807) is 0 Å². The summed E-state index contributed by atoms with van der Waals surface area (Å²) in [4.78, 5) is 11.9. The number of hydrogen-bond donors (Lipinski definition) is 0. The summed E-state index contributed by atoms with van der Waals surface area (Å²) in [5.74, 6) is 0.254. The fourth-order valence-corrected chi connectivity index (χ4v) is 2.18. The summed E-state index contributed by atoms with van der Waals surface area (Å²) in [7, 11) is 1.41. The van der Waals surface area contributed by atoms with E-state index in [0.717, 1.165) is 16.9 Å². The minimum atomic E-state index is -0.308. The summed E-state index contributed by atoms with van der Waals surface area (Å²) >= 11 is 0. The Morgan fingerprint density at radius 3 is 2.38 bits per heavy atom. The second-order valence-corrected chi connectivity index (χ2v) is 4.99. The molecule has 1 atom stereocenters. The first-order valence-corrected chi connectivity index (χ1v) is 7.01. The molecule has 0 aliphatic heterocycles. The van der Waals surface area contributed by atoms with Crippen molar-refractivity contribution >= 4 is 5.97 Å². The fraction of sp³-hybridized carbons (Fsp3) is 0.278.